The van der Waals surface area contributed by atoms with Crippen molar-refractivity contribution in [2.75, 3.05) is 0 Å². The van der Waals surface area contributed by atoms with Crippen LogP contribution >= 0.6 is 0 Å². The van der Waals surface area contributed by atoms with Gasteiger partial charge in [0.05, 0.1) is 0 Å². The fourth-order valence-electron chi connectivity index (χ4n) is 2.69. The van der Waals surface area contributed by atoms with Crippen LogP contribution in [0.4, 0.5) is 0 Å². The molecule has 0 amide bonds. The highest BCUT2D eigenvalue weighted by molar-refractivity contribution is 6.22. The normalized spacial score (nSPS) is 12.6. The van der Waals surface area contributed by atoms with Crippen molar-refractivity contribution in [2.45, 2.75) is 27.7 Å². The smallest absolute Gasteiger partial charge is 0.194 e. The number of benzene rings is 2. The van der Waals surface area contributed by atoms with E-state index in [9.17, 15) is 4.79 Å². The Morgan fingerprint density at radius 1 is 0.722 bits per heavy atom. The SMILES string of the molecule is Cc1cc2c(cc1C)-c1ccc(C)c(C)c1C2=O. The Bertz CT molecular complexity index is 693. The van der Waals surface area contributed by atoms with Crippen molar-refractivity contribution in [3.63, 3.8) is 0 Å². The van der Waals surface area contributed by atoms with Crippen LogP contribution in [0.15, 0.2) is 24.3 Å². The average Bonchev–Trinajstić information content (AvgIpc) is 2.59. The molecule has 0 atom stereocenters. The molecule has 2 aromatic carbocycles. The predicted molar refractivity (Wildman–Crippen MR) is 74.3 cm³/mol. The second-order valence-electron chi connectivity index (χ2n) is 5.24. The lowest BCUT2D eigenvalue weighted by Gasteiger charge is -2.06. The molecular weight excluding hydrogens is 220 g/mol. The average molecular weight is 236 g/mol. The minimum atomic E-state index is 0.185. The maximum Gasteiger partial charge on any atom is 0.194 e. The lowest BCUT2D eigenvalue weighted by molar-refractivity contribution is 0.104. The second kappa shape index (κ2) is 3.55. The van der Waals surface area contributed by atoms with Gasteiger partial charge in [0.2, 0.25) is 0 Å². The third kappa shape index (κ3) is 1.30. The van der Waals surface area contributed by atoms with Gasteiger partial charge in [0.15, 0.2) is 5.78 Å². The first-order chi connectivity index (χ1) is 8.50. The summed E-state index contributed by atoms with van der Waals surface area (Å²) in [6.45, 7) is 8.25. The summed E-state index contributed by atoms with van der Waals surface area (Å²) in [5.74, 6) is 0.185. The molecule has 0 aliphatic heterocycles. The zero-order valence-corrected chi connectivity index (χ0v) is 11.2. The Balaban J connectivity index is 2.39. The van der Waals surface area contributed by atoms with Crippen LogP contribution in [0.1, 0.15) is 38.2 Å². The lowest BCUT2D eigenvalue weighted by Crippen LogP contribution is -2.00. The van der Waals surface area contributed by atoms with Crippen molar-refractivity contribution in [3.8, 4) is 11.1 Å². The summed E-state index contributed by atoms with van der Waals surface area (Å²) >= 11 is 0. The standard InChI is InChI=1S/C17H16O/c1-9-5-6-13-14-7-10(2)11(3)8-15(14)17(18)16(13)12(9)4/h5-8H,1-4H3. The van der Waals surface area contributed by atoms with Gasteiger partial charge in [-0.25, -0.2) is 0 Å². The first-order valence-corrected chi connectivity index (χ1v) is 6.27. The van der Waals surface area contributed by atoms with Gasteiger partial charge in [-0.15, -0.1) is 0 Å². The summed E-state index contributed by atoms with van der Waals surface area (Å²) in [5.41, 5.74) is 8.68. The summed E-state index contributed by atoms with van der Waals surface area (Å²) < 4.78 is 0. The van der Waals surface area contributed by atoms with E-state index in [1.807, 2.05) is 13.0 Å². The van der Waals surface area contributed by atoms with Crippen LogP contribution in [0.3, 0.4) is 0 Å². The molecule has 0 saturated carbocycles. The number of hydrogen-bond donors (Lipinski definition) is 0. The van der Waals surface area contributed by atoms with Crippen molar-refractivity contribution < 1.29 is 4.79 Å². The number of fused-ring (bicyclic) bond motifs is 3. The Kier molecular flexibility index (Phi) is 2.21. The highest BCUT2D eigenvalue weighted by atomic mass is 16.1. The maximum atomic E-state index is 12.5. The molecule has 1 aliphatic carbocycles. The Labute approximate surface area is 107 Å². The van der Waals surface area contributed by atoms with E-state index in [1.54, 1.807) is 0 Å². The molecule has 1 aliphatic rings. The molecule has 1 heteroatoms. The molecule has 0 radical (unpaired) electrons. The van der Waals surface area contributed by atoms with Gasteiger partial charge >= 0.3 is 0 Å². The van der Waals surface area contributed by atoms with Gasteiger partial charge < -0.3 is 0 Å². The fourth-order valence-corrected chi connectivity index (χ4v) is 2.69. The number of carbonyl (C=O) groups excluding carboxylic acids is 1. The summed E-state index contributed by atoms with van der Waals surface area (Å²) in [6, 6.07) is 8.35. The number of aryl methyl sites for hydroxylation is 3. The van der Waals surface area contributed by atoms with E-state index in [0.29, 0.717) is 0 Å². The van der Waals surface area contributed by atoms with Crippen molar-refractivity contribution in [1.82, 2.24) is 0 Å². The largest absolute Gasteiger partial charge is 0.289 e. The van der Waals surface area contributed by atoms with E-state index in [-0.39, 0.29) is 5.78 Å². The maximum absolute atomic E-state index is 12.5. The molecule has 0 fully saturated rings. The van der Waals surface area contributed by atoms with Gasteiger partial charge in [-0.05, 0) is 67.1 Å². The third-order valence-corrected chi connectivity index (χ3v) is 4.13. The van der Waals surface area contributed by atoms with Crippen LogP contribution < -0.4 is 0 Å². The van der Waals surface area contributed by atoms with Crippen LogP contribution in [-0.4, -0.2) is 5.78 Å². The quantitative estimate of drug-likeness (QED) is 0.573. The highest BCUT2D eigenvalue weighted by Gasteiger charge is 2.29. The summed E-state index contributed by atoms with van der Waals surface area (Å²) in [6.07, 6.45) is 0. The number of rotatable bonds is 0. The second-order valence-corrected chi connectivity index (χ2v) is 5.24. The molecular formula is C17H16O. The fraction of sp³-hybridized carbons (Fsp3) is 0.235. The van der Waals surface area contributed by atoms with Gasteiger partial charge in [-0.3, -0.25) is 4.79 Å². The first kappa shape index (κ1) is 11.2. The van der Waals surface area contributed by atoms with Gasteiger partial charge in [0, 0.05) is 11.1 Å². The van der Waals surface area contributed by atoms with Crippen molar-refractivity contribution >= 4 is 5.78 Å². The third-order valence-electron chi connectivity index (χ3n) is 4.13. The van der Waals surface area contributed by atoms with E-state index in [4.69, 9.17) is 0 Å². The molecule has 1 nitrogen and oxygen atoms in total. The molecule has 0 bridgehead atoms. The van der Waals surface area contributed by atoms with Crippen LogP contribution in [0.5, 0.6) is 0 Å². The van der Waals surface area contributed by atoms with Crippen LogP contribution in [0, 0.1) is 27.7 Å². The molecule has 3 rings (SSSR count). The summed E-state index contributed by atoms with van der Waals surface area (Å²) in [7, 11) is 0. The Morgan fingerprint density at radius 2 is 1.33 bits per heavy atom. The number of ketones is 1. The van der Waals surface area contributed by atoms with Gasteiger partial charge in [0.1, 0.15) is 0 Å². The molecule has 0 spiro atoms. The minimum Gasteiger partial charge on any atom is -0.289 e. The molecule has 0 saturated heterocycles. The van der Waals surface area contributed by atoms with Gasteiger partial charge in [0.25, 0.3) is 0 Å². The zero-order valence-electron chi connectivity index (χ0n) is 11.2. The molecule has 0 N–H and O–H groups in total. The number of carbonyl (C=O) groups is 1. The Morgan fingerprint density at radius 3 is 2.00 bits per heavy atom. The predicted octanol–water partition coefficient (Wildman–Crippen LogP) is 4.13. The monoisotopic (exact) mass is 236 g/mol. The van der Waals surface area contributed by atoms with Gasteiger partial charge in [-0.1, -0.05) is 18.2 Å². The molecule has 18 heavy (non-hydrogen) atoms. The number of hydrogen-bond acceptors (Lipinski definition) is 1. The van der Waals surface area contributed by atoms with E-state index in [2.05, 4.69) is 39.0 Å². The van der Waals surface area contributed by atoms with Crippen molar-refractivity contribution in [3.05, 3.63) is 57.6 Å². The van der Waals surface area contributed by atoms with Crippen LogP contribution in [0.2, 0.25) is 0 Å². The molecule has 0 unspecified atom stereocenters. The van der Waals surface area contributed by atoms with Crippen molar-refractivity contribution in [2.24, 2.45) is 0 Å². The lowest BCUT2D eigenvalue weighted by atomic mass is 9.97. The van der Waals surface area contributed by atoms with E-state index in [1.165, 1.54) is 16.7 Å². The van der Waals surface area contributed by atoms with E-state index in [0.717, 1.165) is 27.8 Å². The summed E-state index contributed by atoms with van der Waals surface area (Å²) in [5, 5.41) is 0. The topological polar surface area (TPSA) is 17.1 Å². The zero-order chi connectivity index (χ0) is 13.0. The molecule has 2 aromatic rings. The minimum absolute atomic E-state index is 0.185. The Hall–Kier alpha value is -1.89. The van der Waals surface area contributed by atoms with Crippen LogP contribution in [-0.2, 0) is 0 Å². The van der Waals surface area contributed by atoms with E-state index >= 15 is 0 Å². The molecule has 0 aromatic heterocycles. The first-order valence-electron chi connectivity index (χ1n) is 6.27. The highest BCUT2D eigenvalue weighted by Crippen LogP contribution is 2.40. The van der Waals surface area contributed by atoms with Crippen LogP contribution in [0.25, 0.3) is 11.1 Å². The molecule has 0 heterocycles. The van der Waals surface area contributed by atoms with Gasteiger partial charge in [-0.2, -0.15) is 0 Å². The van der Waals surface area contributed by atoms with E-state index < -0.39 is 0 Å². The molecule has 90 valence electrons. The van der Waals surface area contributed by atoms with Crippen molar-refractivity contribution in [1.29, 1.82) is 0 Å². The summed E-state index contributed by atoms with van der Waals surface area (Å²) in [4.78, 5) is 12.5.